The average molecular weight is 218 g/mol. The van der Waals surface area contributed by atoms with Gasteiger partial charge >= 0.3 is 5.69 Å². The first-order valence-electron chi connectivity index (χ1n) is 4.24. The highest BCUT2D eigenvalue weighted by Crippen LogP contribution is 1.99. The van der Waals surface area contributed by atoms with E-state index in [4.69, 9.17) is 17.3 Å². The summed E-state index contributed by atoms with van der Waals surface area (Å²) in [6.45, 7) is 2.83. The molecule has 0 saturated carbocycles. The number of aromatic amines is 1. The third-order valence-corrected chi connectivity index (χ3v) is 2.15. The van der Waals surface area contributed by atoms with Gasteiger partial charge in [0.2, 0.25) is 0 Å². The number of hydrogen-bond acceptors (Lipinski definition) is 3. The average Bonchev–Trinajstić information content (AvgIpc) is 2.14. The van der Waals surface area contributed by atoms with E-state index in [9.17, 15) is 9.59 Å². The molecule has 1 aromatic rings. The number of nitrogens with two attached hydrogens (primary N) is 1. The zero-order chi connectivity index (χ0) is 10.7. The second-order valence-corrected chi connectivity index (χ2v) is 3.64. The lowest BCUT2D eigenvalue weighted by Gasteiger charge is -2.10. The molecule has 0 saturated heterocycles. The first kappa shape index (κ1) is 11.0. The number of nitrogens with zero attached hydrogens (tertiary/aromatic N) is 1. The van der Waals surface area contributed by atoms with Gasteiger partial charge in [-0.3, -0.25) is 14.3 Å². The summed E-state index contributed by atoms with van der Waals surface area (Å²) in [6, 6.07) is 0. The van der Waals surface area contributed by atoms with Crippen molar-refractivity contribution in [2.75, 3.05) is 6.54 Å². The Labute approximate surface area is 85.5 Å². The van der Waals surface area contributed by atoms with Crippen LogP contribution in [-0.4, -0.2) is 16.1 Å². The van der Waals surface area contributed by atoms with E-state index < -0.39 is 11.2 Å². The number of rotatable bonds is 3. The highest BCUT2D eigenvalue weighted by Gasteiger charge is 2.05. The van der Waals surface area contributed by atoms with Gasteiger partial charge in [-0.05, 0) is 12.5 Å². The Bertz CT molecular complexity index is 423. The monoisotopic (exact) mass is 217 g/mol. The van der Waals surface area contributed by atoms with Crippen LogP contribution in [0.25, 0.3) is 0 Å². The Morgan fingerprint density at radius 2 is 2.29 bits per heavy atom. The summed E-state index contributed by atoms with van der Waals surface area (Å²) in [5.41, 5.74) is 4.40. The van der Waals surface area contributed by atoms with E-state index in [2.05, 4.69) is 4.98 Å². The van der Waals surface area contributed by atoms with Crippen molar-refractivity contribution in [3.8, 4) is 0 Å². The molecule has 14 heavy (non-hydrogen) atoms. The van der Waals surface area contributed by atoms with E-state index in [1.807, 2.05) is 6.92 Å². The summed E-state index contributed by atoms with van der Waals surface area (Å²) in [5.74, 6) is 0.162. The fraction of sp³-hybridized carbons (Fsp3) is 0.500. The molecule has 1 atom stereocenters. The second-order valence-electron chi connectivity index (χ2n) is 3.23. The van der Waals surface area contributed by atoms with Gasteiger partial charge in [-0.1, -0.05) is 18.5 Å². The first-order chi connectivity index (χ1) is 6.54. The second kappa shape index (κ2) is 4.43. The summed E-state index contributed by atoms with van der Waals surface area (Å²) in [5, 5.41) is 0.00817. The summed E-state index contributed by atoms with van der Waals surface area (Å²) in [4.78, 5) is 24.3. The summed E-state index contributed by atoms with van der Waals surface area (Å²) >= 11 is 5.58. The maximum Gasteiger partial charge on any atom is 0.328 e. The number of nitrogens with one attached hydrogen (secondary N) is 1. The van der Waals surface area contributed by atoms with E-state index in [1.165, 1.54) is 10.8 Å². The van der Waals surface area contributed by atoms with Crippen LogP contribution in [0.15, 0.2) is 15.8 Å². The molecular formula is C8H12ClN3O2. The van der Waals surface area contributed by atoms with Gasteiger partial charge in [0.25, 0.3) is 5.56 Å². The minimum absolute atomic E-state index is 0.00817. The fourth-order valence-electron chi connectivity index (χ4n) is 1.03. The lowest BCUT2D eigenvalue weighted by molar-refractivity contribution is 0.475. The van der Waals surface area contributed by atoms with E-state index >= 15 is 0 Å². The number of hydrogen-bond donors (Lipinski definition) is 2. The van der Waals surface area contributed by atoms with Crippen molar-refractivity contribution in [3.05, 3.63) is 32.1 Å². The van der Waals surface area contributed by atoms with E-state index in [0.29, 0.717) is 13.1 Å². The van der Waals surface area contributed by atoms with Crippen molar-refractivity contribution in [1.29, 1.82) is 0 Å². The standard InChI is InChI=1S/C8H12ClN3O2/c1-5(2-10)3-12-4-6(9)7(13)11-8(12)14/h4-5H,2-3,10H2,1H3,(H,11,13,14). The molecule has 0 radical (unpaired) electrons. The molecular weight excluding hydrogens is 206 g/mol. The molecule has 6 heteroatoms. The maximum absolute atomic E-state index is 11.3. The van der Waals surface area contributed by atoms with Gasteiger partial charge in [0.1, 0.15) is 5.02 Å². The van der Waals surface area contributed by atoms with Crippen molar-refractivity contribution in [3.63, 3.8) is 0 Å². The molecule has 1 aromatic heterocycles. The van der Waals surface area contributed by atoms with E-state index in [1.54, 1.807) is 0 Å². The van der Waals surface area contributed by atoms with Crippen LogP contribution in [0.3, 0.4) is 0 Å². The Balaban J connectivity index is 3.04. The lowest BCUT2D eigenvalue weighted by atomic mass is 10.2. The van der Waals surface area contributed by atoms with Gasteiger partial charge in [0, 0.05) is 12.7 Å². The molecule has 1 rings (SSSR count). The largest absolute Gasteiger partial charge is 0.330 e. The molecule has 0 bridgehead atoms. The zero-order valence-corrected chi connectivity index (χ0v) is 8.54. The van der Waals surface area contributed by atoms with Crippen molar-refractivity contribution in [1.82, 2.24) is 9.55 Å². The Hall–Kier alpha value is -1.07. The molecule has 1 heterocycles. The van der Waals surface area contributed by atoms with Gasteiger partial charge in [-0.25, -0.2) is 4.79 Å². The van der Waals surface area contributed by atoms with Crippen molar-refractivity contribution >= 4 is 11.6 Å². The fourth-order valence-corrected chi connectivity index (χ4v) is 1.19. The van der Waals surface area contributed by atoms with Crippen LogP contribution in [0.1, 0.15) is 6.92 Å². The van der Waals surface area contributed by atoms with E-state index in [0.717, 1.165) is 0 Å². The third-order valence-electron chi connectivity index (χ3n) is 1.88. The molecule has 0 spiro atoms. The van der Waals surface area contributed by atoms with Crippen LogP contribution in [-0.2, 0) is 6.54 Å². The quantitative estimate of drug-likeness (QED) is 0.735. The molecule has 3 N–H and O–H groups in total. The van der Waals surface area contributed by atoms with Crippen LogP contribution >= 0.6 is 11.6 Å². The molecule has 0 fully saturated rings. The lowest BCUT2D eigenvalue weighted by Crippen LogP contribution is -2.32. The third kappa shape index (κ3) is 2.46. The normalized spacial score (nSPS) is 12.8. The summed E-state index contributed by atoms with van der Waals surface area (Å²) < 4.78 is 1.35. The van der Waals surface area contributed by atoms with Crippen LogP contribution in [0.5, 0.6) is 0 Å². The SMILES string of the molecule is CC(CN)Cn1cc(Cl)c(=O)[nH]c1=O. The summed E-state index contributed by atoms with van der Waals surface area (Å²) in [7, 11) is 0. The molecule has 78 valence electrons. The minimum atomic E-state index is -0.562. The summed E-state index contributed by atoms with van der Waals surface area (Å²) in [6.07, 6.45) is 1.33. The Kier molecular flexibility index (Phi) is 3.49. The van der Waals surface area contributed by atoms with Crippen molar-refractivity contribution in [2.45, 2.75) is 13.5 Å². The molecule has 0 amide bonds. The van der Waals surface area contributed by atoms with Gasteiger partial charge in [-0.15, -0.1) is 0 Å². The molecule has 0 aromatic carbocycles. The molecule has 0 aliphatic rings. The Morgan fingerprint density at radius 1 is 1.64 bits per heavy atom. The van der Waals surface area contributed by atoms with Gasteiger partial charge in [0.15, 0.2) is 0 Å². The van der Waals surface area contributed by atoms with Crippen molar-refractivity contribution in [2.24, 2.45) is 11.7 Å². The predicted molar refractivity (Wildman–Crippen MR) is 54.6 cm³/mol. The van der Waals surface area contributed by atoms with Crippen LogP contribution in [0.2, 0.25) is 5.02 Å². The molecule has 0 aliphatic carbocycles. The molecule has 1 unspecified atom stereocenters. The molecule has 5 nitrogen and oxygen atoms in total. The Morgan fingerprint density at radius 3 is 2.86 bits per heavy atom. The smallest absolute Gasteiger partial charge is 0.328 e. The highest BCUT2D eigenvalue weighted by molar-refractivity contribution is 6.30. The topological polar surface area (TPSA) is 80.9 Å². The zero-order valence-electron chi connectivity index (χ0n) is 7.79. The number of aromatic nitrogens is 2. The van der Waals surface area contributed by atoms with E-state index in [-0.39, 0.29) is 10.9 Å². The van der Waals surface area contributed by atoms with Gasteiger partial charge in [-0.2, -0.15) is 0 Å². The number of H-pyrrole nitrogens is 1. The van der Waals surface area contributed by atoms with Crippen LogP contribution < -0.4 is 17.0 Å². The maximum atomic E-state index is 11.3. The highest BCUT2D eigenvalue weighted by atomic mass is 35.5. The first-order valence-corrected chi connectivity index (χ1v) is 4.61. The minimum Gasteiger partial charge on any atom is -0.330 e. The predicted octanol–water partition coefficient (Wildman–Crippen LogP) is -0.215. The number of halogens is 1. The van der Waals surface area contributed by atoms with Crippen LogP contribution in [0.4, 0.5) is 0 Å². The van der Waals surface area contributed by atoms with Gasteiger partial charge in [0.05, 0.1) is 0 Å². The molecule has 0 aliphatic heterocycles. The van der Waals surface area contributed by atoms with Crippen molar-refractivity contribution < 1.29 is 0 Å². The van der Waals surface area contributed by atoms with Gasteiger partial charge < -0.3 is 5.73 Å². The van der Waals surface area contributed by atoms with Crippen LogP contribution in [0, 0.1) is 5.92 Å².